The molecule has 0 saturated heterocycles. The molecule has 5 heteroatoms. The van der Waals surface area contributed by atoms with Crippen LogP contribution in [0, 0.1) is 11.8 Å². The van der Waals surface area contributed by atoms with Gasteiger partial charge in [0, 0.05) is 16.8 Å². The molecule has 2 nitrogen and oxygen atoms in total. The summed E-state index contributed by atoms with van der Waals surface area (Å²) in [6, 6.07) is 6.91. The first kappa shape index (κ1) is 11.8. The van der Waals surface area contributed by atoms with Gasteiger partial charge in [0.2, 0.25) is 0 Å². The molecule has 1 aromatic heterocycles. The molecule has 0 aliphatic rings. The molecular formula is C12H8ClF2NO. The molecule has 0 fully saturated rings. The number of benzene rings is 1. The molecule has 17 heavy (non-hydrogen) atoms. The molecule has 88 valence electrons. The first-order valence-electron chi connectivity index (χ1n) is 4.84. The van der Waals surface area contributed by atoms with Crippen molar-refractivity contribution in [1.29, 1.82) is 0 Å². The quantitative estimate of drug-likeness (QED) is 0.782. The Morgan fingerprint density at radius 2 is 2.06 bits per heavy atom. The summed E-state index contributed by atoms with van der Waals surface area (Å²) in [7, 11) is 0. The van der Waals surface area contributed by atoms with E-state index in [1.54, 1.807) is 6.07 Å². The third kappa shape index (κ3) is 2.91. The first-order chi connectivity index (χ1) is 8.16. The average Bonchev–Trinajstić information content (AvgIpc) is 2.32. The highest BCUT2D eigenvalue weighted by Gasteiger charge is 2.06. The van der Waals surface area contributed by atoms with E-state index in [2.05, 4.69) is 4.98 Å². The van der Waals surface area contributed by atoms with Crippen LogP contribution in [0.15, 0.2) is 36.5 Å². The van der Waals surface area contributed by atoms with Gasteiger partial charge in [-0.3, -0.25) is 0 Å². The predicted octanol–water partition coefficient (Wildman–Crippen LogP) is 3.59. The zero-order valence-electron chi connectivity index (χ0n) is 8.66. The molecule has 0 atom stereocenters. The van der Waals surface area contributed by atoms with Crippen molar-refractivity contribution in [1.82, 2.24) is 4.98 Å². The van der Waals surface area contributed by atoms with E-state index < -0.39 is 11.8 Å². The molecule has 0 spiro atoms. The van der Waals surface area contributed by atoms with E-state index in [0.29, 0.717) is 10.6 Å². The number of hydrogen-bond acceptors (Lipinski definition) is 2. The fourth-order valence-corrected chi connectivity index (χ4v) is 1.46. The molecular weight excluding hydrogens is 248 g/mol. The van der Waals surface area contributed by atoms with Gasteiger partial charge in [-0.15, -0.1) is 0 Å². The number of nitrogens with zero attached hydrogens (tertiary/aromatic N) is 1. The van der Waals surface area contributed by atoms with Gasteiger partial charge in [-0.1, -0.05) is 11.6 Å². The fourth-order valence-electron chi connectivity index (χ4n) is 1.29. The highest BCUT2D eigenvalue weighted by atomic mass is 35.5. The Balaban J connectivity index is 2.12. The minimum absolute atomic E-state index is 0.00725. The Morgan fingerprint density at radius 1 is 1.24 bits per heavy atom. The summed E-state index contributed by atoms with van der Waals surface area (Å²) in [6.45, 7) is -0.0147. The van der Waals surface area contributed by atoms with Gasteiger partial charge >= 0.3 is 0 Å². The van der Waals surface area contributed by atoms with E-state index in [4.69, 9.17) is 16.3 Å². The maximum absolute atomic E-state index is 13.1. The third-order valence-corrected chi connectivity index (χ3v) is 2.48. The molecule has 0 amide bonds. The SMILES string of the molecule is Fc1ccc(Cl)c(COc2cccnc2F)c1. The topological polar surface area (TPSA) is 22.1 Å². The Labute approximate surface area is 102 Å². The van der Waals surface area contributed by atoms with Crippen LogP contribution in [-0.4, -0.2) is 4.98 Å². The lowest BCUT2D eigenvalue weighted by Gasteiger charge is -2.07. The minimum Gasteiger partial charge on any atom is -0.484 e. The molecule has 2 aromatic rings. The smallest absolute Gasteiger partial charge is 0.255 e. The molecule has 2 rings (SSSR count). The fraction of sp³-hybridized carbons (Fsp3) is 0.0833. The number of ether oxygens (including phenoxy) is 1. The largest absolute Gasteiger partial charge is 0.484 e. The number of aromatic nitrogens is 1. The molecule has 0 unspecified atom stereocenters. The molecule has 0 aliphatic carbocycles. The summed E-state index contributed by atoms with van der Waals surface area (Å²) < 4.78 is 31.3. The minimum atomic E-state index is -0.708. The molecule has 0 aliphatic heterocycles. The van der Waals surface area contributed by atoms with E-state index in [-0.39, 0.29) is 12.4 Å². The Morgan fingerprint density at radius 3 is 2.82 bits per heavy atom. The van der Waals surface area contributed by atoms with Gasteiger partial charge < -0.3 is 4.74 Å². The van der Waals surface area contributed by atoms with Gasteiger partial charge in [0.15, 0.2) is 5.75 Å². The summed E-state index contributed by atoms with van der Waals surface area (Å²) in [5, 5.41) is 0.371. The van der Waals surface area contributed by atoms with E-state index >= 15 is 0 Å². The van der Waals surface area contributed by atoms with Gasteiger partial charge in [0.25, 0.3) is 5.95 Å². The lowest BCUT2D eigenvalue weighted by Crippen LogP contribution is -1.99. The predicted molar refractivity (Wildman–Crippen MR) is 59.9 cm³/mol. The number of pyridine rings is 1. The van der Waals surface area contributed by atoms with Crippen LogP contribution in [0.2, 0.25) is 5.02 Å². The molecule has 0 saturated carbocycles. The molecule has 1 heterocycles. The summed E-state index contributed by atoms with van der Waals surface area (Å²) >= 11 is 5.85. The second kappa shape index (κ2) is 5.10. The number of halogens is 3. The van der Waals surface area contributed by atoms with Gasteiger partial charge in [-0.2, -0.15) is 4.39 Å². The van der Waals surface area contributed by atoms with Crippen LogP contribution < -0.4 is 4.74 Å². The van der Waals surface area contributed by atoms with Crippen molar-refractivity contribution in [2.24, 2.45) is 0 Å². The Bertz CT molecular complexity index is 534. The standard InChI is InChI=1S/C12H8ClF2NO/c13-10-4-3-9(14)6-8(10)7-17-11-2-1-5-16-12(11)15/h1-6H,7H2. The molecule has 0 bridgehead atoms. The number of rotatable bonds is 3. The average molecular weight is 256 g/mol. The van der Waals surface area contributed by atoms with Crippen molar-refractivity contribution in [2.45, 2.75) is 6.61 Å². The lowest BCUT2D eigenvalue weighted by atomic mass is 10.2. The summed E-state index contributed by atoms with van der Waals surface area (Å²) in [4.78, 5) is 3.43. The van der Waals surface area contributed by atoms with Crippen LogP contribution >= 0.6 is 11.6 Å². The monoisotopic (exact) mass is 255 g/mol. The maximum atomic E-state index is 13.1. The van der Waals surface area contributed by atoms with Gasteiger partial charge in [-0.25, -0.2) is 9.37 Å². The highest BCUT2D eigenvalue weighted by molar-refractivity contribution is 6.31. The third-order valence-electron chi connectivity index (χ3n) is 2.12. The molecule has 0 N–H and O–H groups in total. The first-order valence-corrected chi connectivity index (χ1v) is 5.22. The van der Waals surface area contributed by atoms with Gasteiger partial charge in [-0.05, 0) is 30.3 Å². The zero-order chi connectivity index (χ0) is 12.3. The second-order valence-electron chi connectivity index (χ2n) is 3.32. The van der Waals surface area contributed by atoms with Crippen LogP contribution in [0.5, 0.6) is 5.75 Å². The van der Waals surface area contributed by atoms with Crippen LogP contribution in [0.25, 0.3) is 0 Å². The van der Waals surface area contributed by atoms with E-state index in [0.717, 1.165) is 0 Å². The van der Waals surface area contributed by atoms with Crippen molar-refractivity contribution < 1.29 is 13.5 Å². The van der Waals surface area contributed by atoms with Crippen LogP contribution in [0.1, 0.15) is 5.56 Å². The summed E-state index contributed by atoms with van der Waals surface area (Å²) in [6.07, 6.45) is 1.32. The van der Waals surface area contributed by atoms with Crippen molar-refractivity contribution >= 4 is 11.6 Å². The van der Waals surface area contributed by atoms with E-state index in [9.17, 15) is 8.78 Å². The van der Waals surface area contributed by atoms with E-state index in [1.807, 2.05) is 0 Å². The molecule has 1 aromatic carbocycles. The number of hydrogen-bond donors (Lipinski definition) is 0. The Hall–Kier alpha value is -1.68. The maximum Gasteiger partial charge on any atom is 0.255 e. The molecule has 0 radical (unpaired) electrons. The van der Waals surface area contributed by atoms with Crippen LogP contribution in [-0.2, 0) is 6.61 Å². The van der Waals surface area contributed by atoms with Gasteiger partial charge in [0.05, 0.1) is 0 Å². The normalized spacial score (nSPS) is 10.3. The van der Waals surface area contributed by atoms with Crippen molar-refractivity contribution in [3.8, 4) is 5.75 Å². The van der Waals surface area contributed by atoms with Crippen LogP contribution in [0.4, 0.5) is 8.78 Å². The highest BCUT2D eigenvalue weighted by Crippen LogP contribution is 2.20. The zero-order valence-corrected chi connectivity index (χ0v) is 9.42. The van der Waals surface area contributed by atoms with Crippen molar-refractivity contribution in [2.75, 3.05) is 0 Å². The summed E-state index contributed by atoms with van der Waals surface area (Å²) in [5.41, 5.74) is 0.454. The Kier molecular flexibility index (Phi) is 3.54. The van der Waals surface area contributed by atoms with Crippen molar-refractivity contribution in [3.63, 3.8) is 0 Å². The summed E-state index contributed by atoms with van der Waals surface area (Å²) in [5.74, 6) is -1.12. The van der Waals surface area contributed by atoms with Gasteiger partial charge in [0.1, 0.15) is 12.4 Å². The van der Waals surface area contributed by atoms with Crippen LogP contribution in [0.3, 0.4) is 0 Å². The lowest BCUT2D eigenvalue weighted by molar-refractivity contribution is 0.285. The van der Waals surface area contributed by atoms with Crippen molar-refractivity contribution in [3.05, 3.63) is 58.9 Å². The van der Waals surface area contributed by atoms with E-state index in [1.165, 1.54) is 30.5 Å². The second-order valence-corrected chi connectivity index (χ2v) is 3.72.